The predicted octanol–water partition coefficient (Wildman–Crippen LogP) is 1.27. The molecule has 0 unspecified atom stereocenters. The number of aromatic nitrogens is 2. The Hall–Kier alpha value is -2.00. The molecule has 0 bridgehead atoms. The Morgan fingerprint density at radius 2 is 1.93 bits per heavy atom. The normalized spacial score (nSPS) is 15.8. The quantitative estimate of drug-likeness (QED) is 0.676. The number of nitrogens with zero attached hydrogens (tertiary/aromatic N) is 4. The number of amides is 1. The van der Waals surface area contributed by atoms with Crippen LogP contribution < -0.4 is 5.32 Å². The van der Waals surface area contributed by atoms with Gasteiger partial charge in [-0.25, -0.2) is 0 Å². The summed E-state index contributed by atoms with van der Waals surface area (Å²) in [5, 5.41) is 7.56. The van der Waals surface area contributed by atoms with E-state index in [1.807, 2.05) is 12.1 Å². The highest BCUT2D eigenvalue weighted by atomic mass is 35.5. The summed E-state index contributed by atoms with van der Waals surface area (Å²) in [6, 6.07) is 7.34. The van der Waals surface area contributed by atoms with E-state index in [1.165, 1.54) is 0 Å². The molecule has 0 saturated carbocycles. The number of nitrogens with one attached hydrogen (secondary N) is 1. The van der Waals surface area contributed by atoms with Crippen LogP contribution in [0.4, 0.5) is 0 Å². The van der Waals surface area contributed by atoms with Crippen molar-refractivity contribution in [3.05, 3.63) is 35.2 Å². The molecule has 0 spiro atoms. The van der Waals surface area contributed by atoms with Gasteiger partial charge in [0.05, 0.1) is 19.7 Å². The van der Waals surface area contributed by atoms with E-state index in [-0.39, 0.29) is 5.91 Å². The molecule has 2 heterocycles. The first-order valence-electron chi connectivity index (χ1n) is 8.93. The number of hydrogen-bond acceptors (Lipinski definition) is 7. The fraction of sp³-hybridized carbons (Fsp3) is 0.500. The molecule has 1 aliphatic heterocycles. The monoisotopic (exact) mass is 393 g/mol. The average Bonchev–Trinajstić information content (AvgIpc) is 3.13. The first kappa shape index (κ1) is 19.8. The lowest BCUT2D eigenvalue weighted by Crippen LogP contribution is -2.49. The highest BCUT2D eigenvalue weighted by molar-refractivity contribution is 6.30. The minimum absolute atomic E-state index is 0.0324. The van der Waals surface area contributed by atoms with Crippen LogP contribution in [0, 0.1) is 0 Å². The minimum atomic E-state index is 0.0324. The molecule has 1 fully saturated rings. The number of piperazine rings is 1. The second-order valence-corrected chi connectivity index (χ2v) is 6.85. The van der Waals surface area contributed by atoms with Crippen molar-refractivity contribution in [1.29, 1.82) is 0 Å². The minimum Gasteiger partial charge on any atom is -0.383 e. The SMILES string of the molecule is COCCNC(=O)CN1CCN(Cc2nc(-c3ccc(Cl)cc3)no2)CC1. The van der Waals surface area contributed by atoms with Crippen LogP contribution in [0.3, 0.4) is 0 Å². The second-order valence-electron chi connectivity index (χ2n) is 6.41. The molecule has 0 radical (unpaired) electrons. The van der Waals surface area contributed by atoms with E-state index in [9.17, 15) is 4.79 Å². The largest absolute Gasteiger partial charge is 0.383 e. The molecular weight excluding hydrogens is 370 g/mol. The van der Waals surface area contributed by atoms with Crippen molar-refractivity contribution in [2.45, 2.75) is 6.54 Å². The Bertz CT molecular complexity index is 729. The number of carbonyl (C=O) groups excluding carboxylic acids is 1. The molecular formula is C18H24ClN5O3. The molecule has 1 N–H and O–H groups in total. The summed E-state index contributed by atoms with van der Waals surface area (Å²) in [7, 11) is 1.62. The smallest absolute Gasteiger partial charge is 0.241 e. The molecule has 27 heavy (non-hydrogen) atoms. The lowest BCUT2D eigenvalue weighted by Gasteiger charge is -2.33. The average molecular weight is 394 g/mol. The molecule has 1 aromatic heterocycles. The molecule has 1 saturated heterocycles. The second kappa shape index (κ2) is 9.80. The lowest BCUT2D eigenvalue weighted by molar-refractivity contribution is -0.122. The molecule has 8 nitrogen and oxygen atoms in total. The molecule has 1 aliphatic rings. The van der Waals surface area contributed by atoms with Gasteiger partial charge >= 0.3 is 0 Å². The van der Waals surface area contributed by atoms with Crippen LogP contribution in [0.15, 0.2) is 28.8 Å². The number of benzene rings is 1. The standard InChI is InChI=1S/C18H24ClN5O3/c1-26-11-6-20-16(25)12-23-7-9-24(10-8-23)13-17-21-18(22-27-17)14-2-4-15(19)5-3-14/h2-5H,6-13H2,1H3,(H,20,25). The summed E-state index contributed by atoms with van der Waals surface area (Å²) in [6.45, 7) is 5.46. The molecule has 2 aromatic rings. The van der Waals surface area contributed by atoms with Gasteiger partial charge in [0.25, 0.3) is 0 Å². The Balaban J connectivity index is 1.43. The van der Waals surface area contributed by atoms with Crippen LogP contribution in [0.25, 0.3) is 11.4 Å². The third-order valence-electron chi connectivity index (χ3n) is 4.39. The maximum atomic E-state index is 11.9. The zero-order valence-corrected chi connectivity index (χ0v) is 16.1. The summed E-state index contributed by atoms with van der Waals surface area (Å²) in [4.78, 5) is 20.7. The van der Waals surface area contributed by atoms with Crippen molar-refractivity contribution in [2.24, 2.45) is 0 Å². The number of methoxy groups -OCH3 is 1. The summed E-state index contributed by atoms with van der Waals surface area (Å²) >= 11 is 5.90. The number of carbonyl (C=O) groups is 1. The number of halogens is 1. The van der Waals surface area contributed by atoms with E-state index in [2.05, 4.69) is 25.3 Å². The zero-order chi connectivity index (χ0) is 19.1. The van der Waals surface area contributed by atoms with Gasteiger partial charge in [-0.3, -0.25) is 14.6 Å². The topological polar surface area (TPSA) is 83.7 Å². The van der Waals surface area contributed by atoms with Gasteiger partial charge in [-0.1, -0.05) is 16.8 Å². The van der Waals surface area contributed by atoms with E-state index in [0.29, 0.717) is 43.0 Å². The number of hydrogen-bond donors (Lipinski definition) is 1. The summed E-state index contributed by atoms with van der Waals surface area (Å²) in [5.74, 6) is 1.18. The maximum absolute atomic E-state index is 11.9. The van der Waals surface area contributed by atoms with E-state index in [1.54, 1.807) is 19.2 Å². The van der Waals surface area contributed by atoms with Crippen molar-refractivity contribution < 1.29 is 14.1 Å². The molecule has 1 aromatic carbocycles. The Morgan fingerprint density at radius 1 is 1.22 bits per heavy atom. The van der Waals surface area contributed by atoms with Crippen molar-refractivity contribution in [3.8, 4) is 11.4 Å². The van der Waals surface area contributed by atoms with Gasteiger partial charge in [-0.15, -0.1) is 0 Å². The summed E-state index contributed by atoms with van der Waals surface area (Å²) < 4.78 is 10.3. The molecule has 0 atom stereocenters. The Labute approximate surface area is 163 Å². The number of ether oxygens (including phenoxy) is 1. The third kappa shape index (κ3) is 6.00. The van der Waals surface area contributed by atoms with E-state index in [0.717, 1.165) is 31.7 Å². The summed E-state index contributed by atoms with van der Waals surface area (Å²) in [5.41, 5.74) is 0.874. The molecule has 9 heteroatoms. The van der Waals surface area contributed by atoms with Crippen molar-refractivity contribution in [2.75, 3.05) is 53.0 Å². The van der Waals surface area contributed by atoms with Crippen molar-refractivity contribution in [1.82, 2.24) is 25.3 Å². The first-order valence-corrected chi connectivity index (χ1v) is 9.30. The molecule has 1 amide bonds. The van der Waals surface area contributed by atoms with Gasteiger partial charge in [-0.05, 0) is 24.3 Å². The zero-order valence-electron chi connectivity index (χ0n) is 15.4. The van der Waals surface area contributed by atoms with Gasteiger partial charge in [0.15, 0.2) is 0 Å². The van der Waals surface area contributed by atoms with Gasteiger partial charge in [0.2, 0.25) is 17.6 Å². The molecule has 3 rings (SSSR count). The third-order valence-corrected chi connectivity index (χ3v) is 4.64. The highest BCUT2D eigenvalue weighted by Crippen LogP contribution is 2.19. The van der Waals surface area contributed by atoms with E-state index >= 15 is 0 Å². The van der Waals surface area contributed by atoms with E-state index < -0.39 is 0 Å². The van der Waals surface area contributed by atoms with Crippen molar-refractivity contribution in [3.63, 3.8) is 0 Å². The maximum Gasteiger partial charge on any atom is 0.241 e. The van der Waals surface area contributed by atoms with Gasteiger partial charge in [0.1, 0.15) is 0 Å². The fourth-order valence-electron chi connectivity index (χ4n) is 2.88. The lowest BCUT2D eigenvalue weighted by atomic mass is 10.2. The van der Waals surface area contributed by atoms with Crippen molar-refractivity contribution >= 4 is 17.5 Å². The predicted molar refractivity (Wildman–Crippen MR) is 101 cm³/mol. The van der Waals surface area contributed by atoms with Crippen LogP contribution in [-0.2, 0) is 16.1 Å². The van der Waals surface area contributed by atoms with Crippen LogP contribution in [-0.4, -0.2) is 78.8 Å². The Kier molecular flexibility index (Phi) is 7.17. The van der Waals surface area contributed by atoms with Crippen LogP contribution in [0.5, 0.6) is 0 Å². The van der Waals surface area contributed by atoms with Gasteiger partial charge in [0, 0.05) is 50.4 Å². The first-order chi connectivity index (χ1) is 13.1. The van der Waals surface area contributed by atoms with Crippen LogP contribution in [0.2, 0.25) is 5.02 Å². The van der Waals surface area contributed by atoms with Gasteiger partial charge in [-0.2, -0.15) is 4.98 Å². The highest BCUT2D eigenvalue weighted by Gasteiger charge is 2.21. The van der Waals surface area contributed by atoms with E-state index in [4.69, 9.17) is 20.9 Å². The number of rotatable bonds is 8. The molecule has 146 valence electrons. The summed E-state index contributed by atoms with van der Waals surface area (Å²) in [6.07, 6.45) is 0. The van der Waals surface area contributed by atoms with Crippen LogP contribution in [0.1, 0.15) is 5.89 Å². The van der Waals surface area contributed by atoms with Gasteiger partial charge < -0.3 is 14.6 Å². The molecule has 0 aliphatic carbocycles. The van der Waals surface area contributed by atoms with Crippen LogP contribution >= 0.6 is 11.6 Å². The fourth-order valence-corrected chi connectivity index (χ4v) is 3.01. The Morgan fingerprint density at radius 3 is 2.63 bits per heavy atom.